The number of hydrogen-bond donors (Lipinski definition) is 0. The number of benzene rings is 1. The molecule has 102 valence electrons. The zero-order chi connectivity index (χ0) is 13.8. The van der Waals surface area contributed by atoms with Gasteiger partial charge in [0.1, 0.15) is 0 Å². The summed E-state index contributed by atoms with van der Waals surface area (Å²) in [5.41, 5.74) is 3.16. The molecule has 0 radical (unpaired) electrons. The second kappa shape index (κ2) is 6.44. The number of nitrogens with zero attached hydrogens (tertiary/aromatic N) is 2. The van der Waals surface area contributed by atoms with E-state index in [4.69, 9.17) is 23.2 Å². The van der Waals surface area contributed by atoms with Crippen molar-refractivity contribution in [2.24, 2.45) is 7.05 Å². The fraction of sp³-hybridized carbons (Fsp3) is 0.400. The topological polar surface area (TPSA) is 17.8 Å². The van der Waals surface area contributed by atoms with Gasteiger partial charge in [0.25, 0.3) is 0 Å². The molecule has 0 aliphatic carbocycles. The van der Waals surface area contributed by atoms with E-state index in [1.807, 2.05) is 36.9 Å². The molecule has 1 aromatic carbocycles. The zero-order valence-corrected chi connectivity index (χ0v) is 12.7. The highest BCUT2D eigenvalue weighted by atomic mass is 35.5. The molecule has 2 nitrogen and oxygen atoms in total. The van der Waals surface area contributed by atoms with E-state index in [0.717, 1.165) is 35.7 Å². The van der Waals surface area contributed by atoms with Gasteiger partial charge >= 0.3 is 0 Å². The Labute approximate surface area is 124 Å². The average Bonchev–Trinajstić information content (AvgIpc) is 2.66. The summed E-state index contributed by atoms with van der Waals surface area (Å²) in [5, 5.41) is 5.17. The first-order chi connectivity index (χ1) is 9.09. The molecule has 0 aliphatic heterocycles. The van der Waals surface area contributed by atoms with Crippen LogP contribution in [0.3, 0.4) is 0 Å². The highest BCUT2D eigenvalue weighted by Gasteiger charge is 2.12. The van der Waals surface area contributed by atoms with Crippen LogP contribution in [0.15, 0.2) is 30.3 Å². The SMILES string of the molecule is Cc1nn(C)c(CCCC(Cl)c2ccccc2)c1Cl. The summed E-state index contributed by atoms with van der Waals surface area (Å²) in [7, 11) is 1.93. The minimum atomic E-state index is 0.0642. The second-order valence-electron chi connectivity index (χ2n) is 4.74. The number of aromatic nitrogens is 2. The van der Waals surface area contributed by atoms with Gasteiger partial charge in [-0.05, 0) is 31.7 Å². The molecule has 2 rings (SSSR count). The van der Waals surface area contributed by atoms with Crippen LogP contribution in [0.5, 0.6) is 0 Å². The molecule has 0 N–H and O–H groups in total. The number of halogens is 2. The third-order valence-electron chi connectivity index (χ3n) is 3.29. The summed E-state index contributed by atoms with van der Waals surface area (Å²) < 4.78 is 1.86. The van der Waals surface area contributed by atoms with Gasteiger partial charge in [0.05, 0.1) is 21.8 Å². The fourth-order valence-electron chi connectivity index (χ4n) is 2.23. The summed E-state index contributed by atoms with van der Waals surface area (Å²) in [5.74, 6) is 0. The van der Waals surface area contributed by atoms with Crippen molar-refractivity contribution in [2.45, 2.75) is 31.6 Å². The number of alkyl halides is 1. The van der Waals surface area contributed by atoms with Gasteiger partial charge in [-0.2, -0.15) is 5.10 Å². The third-order valence-corrected chi connectivity index (χ3v) is 4.26. The predicted octanol–water partition coefficient (Wildman–Crippen LogP) is 4.68. The lowest BCUT2D eigenvalue weighted by Gasteiger charge is -2.09. The van der Waals surface area contributed by atoms with Gasteiger partial charge < -0.3 is 0 Å². The molecule has 1 unspecified atom stereocenters. The molecule has 0 fully saturated rings. The first-order valence-corrected chi connectivity index (χ1v) is 7.28. The molecule has 2 aromatic rings. The molecule has 0 amide bonds. The minimum absolute atomic E-state index is 0.0642. The van der Waals surface area contributed by atoms with E-state index in [-0.39, 0.29) is 5.38 Å². The summed E-state index contributed by atoms with van der Waals surface area (Å²) in [6.45, 7) is 1.93. The summed E-state index contributed by atoms with van der Waals surface area (Å²) in [4.78, 5) is 0. The van der Waals surface area contributed by atoms with Crippen molar-refractivity contribution in [1.29, 1.82) is 0 Å². The Morgan fingerprint density at radius 3 is 2.53 bits per heavy atom. The van der Waals surface area contributed by atoms with Gasteiger partial charge in [-0.25, -0.2) is 0 Å². The Morgan fingerprint density at radius 1 is 1.26 bits per heavy atom. The predicted molar refractivity (Wildman–Crippen MR) is 80.9 cm³/mol. The smallest absolute Gasteiger partial charge is 0.0846 e. The standard InChI is InChI=1S/C15H18Cl2N2/c1-11-15(17)14(19(2)18-11)10-6-9-13(16)12-7-4-3-5-8-12/h3-5,7-8,13H,6,9-10H2,1-2H3. The van der Waals surface area contributed by atoms with Crippen molar-refractivity contribution < 1.29 is 0 Å². The van der Waals surface area contributed by atoms with Crippen LogP contribution in [0.1, 0.15) is 35.2 Å². The highest BCUT2D eigenvalue weighted by molar-refractivity contribution is 6.31. The van der Waals surface area contributed by atoms with Crippen molar-refractivity contribution in [1.82, 2.24) is 9.78 Å². The van der Waals surface area contributed by atoms with Crippen LogP contribution < -0.4 is 0 Å². The third kappa shape index (κ3) is 3.52. The molecule has 4 heteroatoms. The lowest BCUT2D eigenvalue weighted by Crippen LogP contribution is -2.00. The molecule has 0 aliphatic rings. The van der Waals surface area contributed by atoms with Crippen LogP contribution in [0.2, 0.25) is 5.02 Å². The monoisotopic (exact) mass is 296 g/mol. The maximum Gasteiger partial charge on any atom is 0.0846 e. The maximum atomic E-state index is 6.40. The van der Waals surface area contributed by atoms with E-state index >= 15 is 0 Å². The first-order valence-electron chi connectivity index (χ1n) is 6.46. The number of hydrogen-bond acceptors (Lipinski definition) is 1. The molecule has 0 saturated carbocycles. The van der Waals surface area contributed by atoms with Crippen LogP contribution >= 0.6 is 23.2 Å². The van der Waals surface area contributed by atoms with Gasteiger partial charge in [0.2, 0.25) is 0 Å². The molecule has 19 heavy (non-hydrogen) atoms. The molecule has 1 aromatic heterocycles. The second-order valence-corrected chi connectivity index (χ2v) is 5.64. The summed E-state index contributed by atoms with van der Waals surface area (Å²) in [6, 6.07) is 10.2. The van der Waals surface area contributed by atoms with Gasteiger partial charge in [0, 0.05) is 7.05 Å². The largest absolute Gasteiger partial charge is 0.271 e. The fourth-order valence-corrected chi connectivity index (χ4v) is 2.78. The summed E-state index contributed by atoms with van der Waals surface area (Å²) >= 11 is 12.6. The molecular formula is C15H18Cl2N2. The van der Waals surface area contributed by atoms with E-state index in [2.05, 4.69) is 17.2 Å². The van der Waals surface area contributed by atoms with Crippen LogP contribution in [0, 0.1) is 6.92 Å². The van der Waals surface area contributed by atoms with Crippen molar-refractivity contribution in [3.05, 3.63) is 52.3 Å². The van der Waals surface area contributed by atoms with Gasteiger partial charge in [-0.3, -0.25) is 4.68 Å². The summed E-state index contributed by atoms with van der Waals surface area (Å²) in [6.07, 6.45) is 2.85. The number of aryl methyl sites for hydroxylation is 2. The number of rotatable bonds is 5. The lowest BCUT2D eigenvalue weighted by molar-refractivity contribution is 0.650. The molecule has 0 spiro atoms. The average molecular weight is 297 g/mol. The van der Waals surface area contributed by atoms with Crippen LogP contribution in [0.4, 0.5) is 0 Å². The highest BCUT2D eigenvalue weighted by Crippen LogP contribution is 2.27. The Bertz CT molecular complexity index is 535. The van der Waals surface area contributed by atoms with Crippen LogP contribution in [-0.4, -0.2) is 9.78 Å². The van der Waals surface area contributed by atoms with Gasteiger partial charge in [-0.15, -0.1) is 11.6 Å². The Balaban J connectivity index is 1.90. The lowest BCUT2D eigenvalue weighted by atomic mass is 10.1. The van der Waals surface area contributed by atoms with E-state index in [1.165, 1.54) is 5.56 Å². The van der Waals surface area contributed by atoms with E-state index < -0.39 is 0 Å². The Morgan fingerprint density at radius 2 is 1.95 bits per heavy atom. The molecule has 1 heterocycles. The van der Waals surface area contributed by atoms with Crippen molar-refractivity contribution in [2.75, 3.05) is 0 Å². The van der Waals surface area contributed by atoms with E-state index in [0.29, 0.717) is 0 Å². The molecule has 0 saturated heterocycles. The zero-order valence-electron chi connectivity index (χ0n) is 11.2. The molecule has 1 atom stereocenters. The van der Waals surface area contributed by atoms with Gasteiger partial charge in [-0.1, -0.05) is 41.9 Å². The van der Waals surface area contributed by atoms with Crippen LogP contribution in [0.25, 0.3) is 0 Å². The van der Waals surface area contributed by atoms with E-state index in [1.54, 1.807) is 0 Å². The van der Waals surface area contributed by atoms with E-state index in [9.17, 15) is 0 Å². The molecule has 0 bridgehead atoms. The van der Waals surface area contributed by atoms with Crippen molar-refractivity contribution in [3.63, 3.8) is 0 Å². The minimum Gasteiger partial charge on any atom is -0.271 e. The van der Waals surface area contributed by atoms with Crippen LogP contribution in [-0.2, 0) is 13.5 Å². The quantitative estimate of drug-likeness (QED) is 0.732. The molecular weight excluding hydrogens is 279 g/mol. The van der Waals surface area contributed by atoms with Crippen molar-refractivity contribution in [3.8, 4) is 0 Å². The van der Waals surface area contributed by atoms with Gasteiger partial charge in [0.15, 0.2) is 0 Å². The first kappa shape index (κ1) is 14.4. The maximum absolute atomic E-state index is 6.40. The Kier molecular flexibility index (Phi) is 4.89. The Hall–Kier alpha value is -0.990. The normalized spacial score (nSPS) is 12.6. The van der Waals surface area contributed by atoms with Crippen molar-refractivity contribution >= 4 is 23.2 Å².